The normalized spacial score (nSPS) is 19.3. The van der Waals surface area contributed by atoms with Gasteiger partial charge in [0, 0.05) is 18.6 Å². The fourth-order valence-corrected chi connectivity index (χ4v) is 8.87. The summed E-state index contributed by atoms with van der Waals surface area (Å²) in [7, 11) is 0. The molecule has 0 aromatic heterocycles. The van der Waals surface area contributed by atoms with Crippen LogP contribution in [-0.4, -0.2) is 56.4 Å². The van der Waals surface area contributed by atoms with Gasteiger partial charge in [-0.3, -0.25) is 0 Å². The largest absolute Gasteiger partial charge is 0.462 e. The molecule has 0 bridgehead atoms. The van der Waals surface area contributed by atoms with Crippen molar-refractivity contribution < 1.29 is 28.6 Å². The lowest BCUT2D eigenvalue weighted by atomic mass is 9.87. The van der Waals surface area contributed by atoms with Crippen LogP contribution in [0.4, 0.5) is 34.1 Å². The average molecular weight is 855 g/mol. The highest BCUT2D eigenvalue weighted by Gasteiger charge is 2.22. The molecule has 4 atom stereocenters. The van der Waals surface area contributed by atoms with Crippen molar-refractivity contribution in [3.8, 4) is 0 Å². The number of esters is 3. The molecular formula is C50H74N6O6. The van der Waals surface area contributed by atoms with Crippen LogP contribution in [0.25, 0.3) is 0 Å². The van der Waals surface area contributed by atoms with Gasteiger partial charge in [-0.1, -0.05) is 71.1 Å². The number of benzene rings is 3. The lowest BCUT2D eigenvalue weighted by Crippen LogP contribution is -2.24. The van der Waals surface area contributed by atoms with Gasteiger partial charge in [0.25, 0.3) is 0 Å². The van der Waals surface area contributed by atoms with Crippen LogP contribution in [-0.2, 0) is 14.2 Å². The summed E-state index contributed by atoms with van der Waals surface area (Å²) in [6.07, 6.45) is 20.7. The van der Waals surface area contributed by atoms with Crippen LogP contribution < -0.4 is 33.2 Å². The molecule has 0 radical (unpaired) electrons. The van der Waals surface area contributed by atoms with Gasteiger partial charge in [-0.15, -0.1) is 0 Å². The first-order valence-corrected chi connectivity index (χ1v) is 23.6. The summed E-state index contributed by atoms with van der Waals surface area (Å²) in [4.78, 5) is 38.0. The molecule has 0 spiro atoms. The van der Waals surface area contributed by atoms with Gasteiger partial charge < -0.3 is 47.4 Å². The Morgan fingerprint density at radius 3 is 1.50 bits per heavy atom. The first-order valence-electron chi connectivity index (χ1n) is 23.6. The first kappa shape index (κ1) is 47.9. The van der Waals surface area contributed by atoms with E-state index in [0.717, 1.165) is 113 Å². The number of carbonyl (C=O) groups excluding carboxylic acids is 3. The van der Waals surface area contributed by atoms with Gasteiger partial charge in [0.05, 0.1) is 70.6 Å². The molecule has 12 nitrogen and oxygen atoms in total. The molecule has 12 heteroatoms. The molecule has 0 amide bonds. The summed E-state index contributed by atoms with van der Waals surface area (Å²) in [6.45, 7) is 5.95. The Morgan fingerprint density at radius 2 is 0.984 bits per heavy atom. The van der Waals surface area contributed by atoms with Crippen LogP contribution in [0.2, 0.25) is 0 Å². The molecule has 0 heterocycles. The van der Waals surface area contributed by atoms with Crippen LogP contribution in [0, 0.1) is 11.8 Å². The van der Waals surface area contributed by atoms with Crippen molar-refractivity contribution in [1.29, 1.82) is 0 Å². The molecule has 2 aliphatic carbocycles. The Balaban J connectivity index is 0.975. The highest BCUT2D eigenvalue weighted by molar-refractivity contribution is 5.93. The van der Waals surface area contributed by atoms with Crippen molar-refractivity contribution in [3.63, 3.8) is 0 Å². The summed E-state index contributed by atoms with van der Waals surface area (Å²) in [6, 6.07) is 16.6. The molecule has 5 rings (SSSR count). The monoisotopic (exact) mass is 855 g/mol. The second-order valence-corrected chi connectivity index (χ2v) is 17.5. The van der Waals surface area contributed by atoms with Crippen LogP contribution in [0.3, 0.4) is 0 Å². The minimum absolute atomic E-state index is 0.270. The Bertz CT molecular complexity index is 1870. The second kappa shape index (κ2) is 25.7. The van der Waals surface area contributed by atoms with Crippen LogP contribution in [0.1, 0.15) is 167 Å². The Hall–Kier alpha value is -5.13. The molecule has 2 aliphatic rings. The van der Waals surface area contributed by atoms with Gasteiger partial charge in [-0.2, -0.15) is 0 Å². The third-order valence-electron chi connectivity index (χ3n) is 12.6. The predicted octanol–water partition coefficient (Wildman–Crippen LogP) is 11.0. The molecule has 0 aliphatic heterocycles. The molecule has 9 N–H and O–H groups in total. The highest BCUT2D eigenvalue weighted by atomic mass is 16.5. The lowest BCUT2D eigenvalue weighted by Gasteiger charge is -2.27. The van der Waals surface area contributed by atoms with E-state index < -0.39 is 0 Å². The van der Waals surface area contributed by atoms with Crippen LogP contribution in [0.15, 0.2) is 54.6 Å². The van der Waals surface area contributed by atoms with Gasteiger partial charge in [0.1, 0.15) is 0 Å². The second-order valence-electron chi connectivity index (χ2n) is 17.5. The minimum atomic E-state index is -0.371. The summed E-state index contributed by atoms with van der Waals surface area (Å²) in [5, 5.41) is 10.6. The molecule has 62 heavy (non-hydrogen) atoms. The molecule has 2 fully saturated rings. The first-order chi connectivity index (χ1) is 30.1. The number of ether oxygens (including phenoxy) is 3. The Kier molecular flexibility index (Phi) is 19.9. The molecule has 4 unspecified atom stereocenters. The van der Waals surface area contributed by atoms with E-state index in [1.54, 1.807) is 43.3 Å². The maximum absolute atomic E-state index is 13.1. The van der Waals surface area contributed by atoms with Crippen LogP contribution >= 0.6 is 0 Å². The third kappa shape index (κ3) is 15.6. The zero-order valence-electron chi connectivity index (χ0n) is 37.5. The number of rotatable bonds is 22. The summed E-state index contributed by atoms with van der Waals surface area (Å²) >= 11 is 0. The van der Waals surface area contributed by atoms with Gasteiger partial charge in [0.15, 0.2) is 0 Å². The van der Waals surface area contributed by atoms with E-state index in [4.69, 9.17) is 31.4 Å². The van der Waals surface area contributed by atoms with Crippen molar-refractivity contribution >= 4 is 52.0 Å². The number of nitrogens with one attached hydrogen (secondary N) is 3. The zero-order chi connectivity index (χ0) is 44.1. The van der Waals surface area contributed by atoms with Crippen molar-refractivity contribution in [2.24, 2.45) is 11.8 Å². The van der Waals surface area contributed by atoms with E-state index in [1.165, 1.54) is 32.1 Å². The number of hydrogen-bond acceptors (Lipinski definition) is 12. The maximum Gasteiger partial charge on any atom is 0.338 e. The molecule has 340 valence electrons. The number of hydrogen-bond donors (Lipinski definition) is 6. The standard InChI is InChI=1S/C50H74N6O6/c1-3-5-6-7-8-11-29-54-45-24-19-38(32-42(45)51)49(58)62-31-28-36-14-12-16-41(23-18-36)56-47-26-21-39(34-44(47)53)50(59)61-30-27-35-13-9-10-15-40(22-17-35)55-46-25-20-37(33-43(46)52)48(57)60-4-2/h19-21,24-26,32-36,40-41,54-56H,3-18,22-23,27-31,51-53H2,1-2H3. The van der Waals surface area contributed by atoms with Crippen molar-refractivity contribution in [3.05, 3.63) is 71.3 Å². The lowest BCUT2D eigenvalue weighted by molar-refractivity contribution is 0.0468. The fourth-order valence-electron chi connectivity index (χ4n) is 8.87. The van der Waals surface area contributed by atoms with E-state index in [0.29, 0.717) is 65.4 Å². The van der Waals surface area contributed by atoms with Crippen molar-refractivity contribution in [2.75, 3.05) is 59.5 Å². The number of unbranched alkanes of at least 4 members (excludes halogenated alkanes) is 5. The van der Waals surface area contributed by atoms with Gasteiger partial charge in [-0.25, -0.2) is 14.4 Å². The number of anilines is 6. The number of nitrogens with two attached hydrogens (primary N) is 3. The molecule has 3 aromatic rings. The van der Waals surface area contributed by atoms with E-state index in [-0.39, 0.29) is 30.0 Å². The van der Waals surface area contributed by atoms with Gasteiger partial charge in [0.2, 0.25) is 0 Å². The zero-order valence-corrected chi connectivity index (χ0v) is 37.5. The van der Waals surface area contributed by atoms with E-state index >= 15 is 0 Å². The Labute approximate surface area is 370 Å². The molecule has 3 aromatic carbocycles. The Morgan fingerprint density at radius 1 is 0.532 bits per heavy atom. The highest BCUT2D eigenvalue weighted by Crippen LogP contribution is 2.32. The molecular weight excluding hydrogens is 781 g/mol. The SMILES string of the molecule is CCCCCCCCNc1ccc(C(=O)OCCC2CCCC(Nc3ccc(C(=O)OCCC4CCCCC(Nc5ccc(C(=O)OCC)cc5N)CC4)cc3N)CC2)cc1N. The van der Waals surface area contributed by atoms with E-state index in [2.05, 4.69) is 22.9 Å². The van der Waals surface area contributed by atoms with Crippen molar-refractivity contribution in [1.82, 2.24) is 0 Å². The molecule has 0 saturated heterocycles. The van der Waals surface area contributed by atoms with E-state index in [9.17, 15) is 14.4 Å². The van der Waals surface area contributed by atoms with Crippen LogP contribution in [0.5, 0.6) is 0 Å². The number of nitrogen functional groups attached to an aromatic ring is 3. The fraction of sp³-hybridized carbons (Fsp3) is 0.580. The van der Waals surface area contributed by atoms with E-state index in [1.807, 2.05) is 18.2 Å². The summed E-state index contributed by atoms with van der Waals surface area (Å²) < 4.78 is 16.5. The predicted molar refractivity (Wildman–Crippen MR) is 253 cm³/mol. The summed E-state index contributed by atoms with van der Waals surface area (Å²) in [5.41, 5.74) is 24.6. The summed E-state index contributed by atoms with van der Waals surface area (Å²) in [5.74, 6) is -0.121. The van der Waals surface area contributed by atoms with Gasteiger partial charge >= 0.3 is 17.9 Å². The van der Waals surface area contributed by atoms with Crippen molar-refractivity contribution in [2.45, 2.75) is 148 Å². The minimum Gasteiger partial charge on any atom is -0.462 e. The smallest absolute Gasteiger partial charge is 0.338 e. The van der Waals surface area contributed by atoms with Gasteiger partial charge in [-0.05, 0) is 131 Å². The third-order valence-corrected chi connectivity index (χ3v) is 12.6. The number of carbonyl (C=O) groups is 3. The quantitative estimate of drug-likeness (QED) is 0.0184. The average Bonchev–Trinajstić information content (AvgIpc) is 3.48. The molecule has 2 saturated carbocycles. The topological polar surface area (TPSA) is 193 Å². The maximum atomic E-state index is 13.1.